The van der Waals surface area contributed by atoms with Crippen LogP contribution in [0, 0.1) is 5.92 Å². The van der Waals surface area contributed by atoms with Crippen LogP contribution in [0.15, 0.2) is 30.3 Å². The van der Waals surface area contributed by atoms with Crippen LogP contribution in [0.25, 0.3) is 0 Å². The third-order valence-electron chi connectivity index (χ3n) is 3.63. The molecule has 4 heteroatoms. The Balaban J connectivity index is 2.02. The van der Waals surface area contributed by atoms with Gasteiger partial charge in [0.25, 0.3) is 0 Å². The highest BCUT2D eigenvalue weighted by molar-refractivity contribution is 5.73. The number of aliphatic hydroxyl groups excluding tert-OH is 1. The Morgan fingerprint density at radius 2 is 1.73 bits per heavy atom. The molecule has 1 aromatic rings. The second kappa shape index (κ2) is 11.1. The van der Waals surface area contributed by atoms with Gasteiger partial charge in [-0.2, -0.15) is 0 Å². The van der Waals surface area contributed by atoms with Gasteiger partial charge in [-0.1, -0.05) is 69.9 Å². The SMILES string of the molecule is CC(C)CCCCCCNC(=O)NCC(O)c1ccccc1. The molecule has 2 amide bonds. The number of urea groups is 1. The zero-order valence-corrected chi connectivity index (χ0v) is 13.8. The van der Waals surface area contributed by atoms with Crippen LogP contribution < -0.4 is 10.6 Å². The van der Waals surface area contributed by atoms with Crippen molar-refractivity contribution >= 4 is 6.03 Å². The lowest BCUT2D eigenvalue weighted by Gasteiger charge is -2.13. The Bertz CT molecular complexity index is 407. The Labute approximate surface area is 134 Å². The first-order valence-corrected chi connectivity index (χ1v) is 8.34. The molecule has 0 heterocycles. The fraction of sp³-hybridized carbons (Fsp3) is 0.611. The third kappa shape index (κ3) is 8.67. The number of hydrogen-bond donors (Lipinski definition) is 3. The Kier molecular flexibility index (Phi) is 9.31. The first-order valence-electron chi connectivity index (χ1n) is 8.34. The van der Waals surface area contributed by atoms with Gasteiger partial charge in [-0.25, -0.2) is 4.79 Å². The van der Waals surface area contributed by atoms with E-state index < -0.39 is 6.10 Å². The number of carbonyl (C=O) groups excluding carboxylic acids is 1. The van der Waals surface area contributed by atoms with E-state index in [1.165, 1.54) is 19.3 Å². The molecule has 3 N–H and O–H groups in total. The number of nitrogens with one attached hydrogen (secondary N) is 2. The molecule has 1 atom stereocenters. The number of aliphatic hydroxyl groups is 1. The lowest BCUT2D eigenvalue weighted by molar-refractivity contribution is 0.173. The highest BCUT2D eigenvalue weighted by Crippen LogP contribution is 2.10. The summed E-state index contributed by atoms with van der Waals surface area (Å²) in [6, 6.07) is 9.13. The molecule has 0 bridgehead atoms. The molecule has 0 fully saturated rings. The average Bonchev–Trinajstić information content (AvgIpc) is 2.52. The highest BCUT2D eigenvalue weighted by Gasteiger charge is 2.08. The van der Waals surface area contributed by atoms with Gasteiger partial charge < -0.3 is 15.7 Å². The van der Waals surface area contributed by atoms with E-state index in [0.717, 1.165) is 24.3 Å². The summed E-state index contributed by atoms with van der Waals surface area (Å²) in [5.74, 6) is 0.778. The van der Waals surface area contributed by atoms with Gasteiger partial charge in [-0.3, -0.25) is 0 Å². The summed E-state index contributed by atoms with van der Waals surface area (Å²) in [7, 11) is 0. The van der Waals surface area contributed by atoms with Gasteiger partial charge in [0.15, 0.2) is 0 Å². The molecule has 0 radical (unpaired) electrons. The molecule has 4 nitrogen and oxygen atoms in total. The second-order valence-electron chi connectivity index (χ2n) is 6.16. The van der Waals surface area contributed by atoms with Crippen molar-refractivity contribution in [3.63, 3.8) is 0 Å². The molecule has 1 rings (SSSR count). The number of carbonyl (C=O) groups is 1. The van der Waals surface area contributed by atoms with Crippen molar-refractivity contribution in [1.29, 1.82) is 0 Å². The van der Waals surface area contributed by atoms with Crippen LogP contribution >= 0.6 is 0 Å². The highest BCUT2D eigenvalue weighted by atomic mass is 16.3. The van der Waals surface area contributed by atoms with Crippen LogP contribution in [-0.4, -0.2) is 24.2 Å². The molecule has 0 aliphatic carbocycles. The summed E-state index contributed by atoms with van der Waals surface area (Å²) in [6.45, 7) is 5.41. The minimum atomic E-state index is -0.664. The van der Waals surface area contributed by atoms with E-state index >= 15 is 0 Å². The Morgan fingerprint density at radius 1 is 1.05 bits per heavy atom. The average molecular weight is 306 g/mol. The lowest BCUT2D eigenvalue weighted by atomic mass is 10.0. The predicted octanol–water partition coefficient (Wildman–Crippen LogP) is 3.63. The van der Waals surface area contributed by atoms with Crippen molar-refractivity contribution in [3.05, 3.63) is 35.9 Å². The molecule has 1 aromatic carbocycles. The fourth-order valence-corrected chi connectivity index (χ4v) is 2.28. The van der Waals surface area contributed by atoms with Crippen molar-refractivity contribution in [2.75, 3.05) is 13.1 Å². The fourth-order valence-electron chi connectivity index (χ4n) is 2.28. The minimum absolute atomic E-state index is 0.211. The van der Waals surface area contributed by atoms with Gasteiger partial charge in [-0.05, 0) is 17.9 Å². The summed E-state index contributed by atoms with van der Waals surface area (Å²) in [5, 5.41) is 15.5. The molecule has 22 heavy (non-hydrogen) atoms. The van der Waals surface area contributed by atoms with Crippen LogP contribution in [0.2, 0.25) is 0 Å². The van der Waals surface area contributed by atoms with E-state index in [0.29, 0.717) is 6.54 Å². The van der Waals surface area contributed by atoms with Crippen LogP contribution in [0.5, 0.6) is 0 Å². The van der Waals surface area contributed by atoms with E-state index in [1.54, 1.807) is 0 Å². The van der Waals surface area contributed by atoms with Gasteiger partial charge in [0.05, 0.1) is 6.10 Å². The third-order valence-corrected chi connectivity index (χ3v) is 3.63. The molecule has 0 aliphatic heterocycles. The van der Waals surface area contributed by atoms with Gasteiger partial charge in [0, 0.05) is 13.1 Å². The van der Waals surface area contributed by atoms with Crippen LogP contribution in [0.3, 0.4) is 0 Å². The van der Waals surface area contributed by atoms with Crippen LogP contribution in [-0.2, 0) is 0 Å². The van der Waals surface area contributed by atoms with E-state index in [9.17, 15) is 9.90 Å². The van der Waals surface area contributed by atoms with E-state index in [1.807, 2.05) is 30.3 Å². The molecule has 0 spiro atoms. The van der Waals surface area contributed by atoms with E-state index in [4.69, 9.17) is 0 Å². The van der Waals surface area contributed by atoms with Crippen molar-refractivity contribution < 1.29 is 9.90 Å². The quantitative estimate of drug-likeness (QED) is 0.578. The molecule has 1 unspecified atom stereocenters. The maximum Gasteiger partial charge on any atom is 0.314 e. The molecular formula is C18H30N2O2. The number of hydrogen-bond acceptors (Lipinski definition) is 2. The van der Waals surface area contributed by atoms with Crippen LogP contribution in [0.1, 0.15) is 57.6 Å². The maximum absolute atomic E-state index is 11.6. The largest absolute Gasteiger partial charge is 0.387 e. The Hall–Kier alpha value is -1.55. The zero-order chi connectivity index (χ0) is 16.2. The number of benzene rings is 1. The predicted molar refractivity (Wildman–Crippen MR) is 90.7 cm³/mol. The molecule has 0 aliphatic rings. The normalized spacial score (nSPS) is 12.2. The zero-order valence-electron chi connectivity index (χ0n) is 13.8. The smallest absolute Gasteiger partial charge is 0.314 e. The van der Waals surface area contributed by atoms with Crippen LogP contribution in [0.4, 0.5) is 4.79 Å². The molecule has 124 valence electrons. The Morgan fingerprint density at radius 3 is 2.41 bits per heavy atom. The number of amides is 2. The van der Waals surface area contributed by atoms with Gasteiger partial charge in [-0.15, -0.1) is 0 Å². The molecule has 0 saturated carbocycles. The topological polar surface area (TPSA) is 61.4 Å². The van der Waals surface area contributed by atoms with Gasteiger partial charge in [0.2, 0.25) is 0 Å². The monoisotopic (exact) mass is 306 g/mol. The summed E-state index contributed by atoms with van der Waals surface area (Å²) >= 11 is 0. The van der Waals surface area contributed by atoms with E-state index in [-0.39, 0.29) is 12.6 Å². The van der Waals surface area contributed by atoms with Crippen molar-refractivity contribution in [2.45, 2.75) is 52.1 Å². The summed E-state index contributed by atoms with van der Waals surface area (Å²) in [5.41, 5.74) is 0.813. The van der Waals surface area contributed by atoms with Gasteiger partial charge >= 0.3 is 6.03 Å². The summed E-state index contributed by atoms with van der Waals surface area (Å²) < 4.78 is 0. The summed E-state index contributed by atoms with van der Waals surface area (Å²) in [6.07, 6.45) is 5.28. The van der Waals surface area contributed by atoms with Crippen molar-refractivity contribution in [3.8, 4) is 0 Å². The maximum atomic E-state index is 11.6. The van der Waals surface area contributed by atoms with Crippen molar-refractivity contribution in [2.24, 2.45) is 5.92 Å². The first-order chi connectivity index (χ1) is 10.6. The second-order valence-corrected chi connectivity index (χ2v) is 6.16. The minimum Gasteiger partial charge on any atom is -0.387 e. The van der Waals surface area contributed by atoms with Gasteiger partial charge in [0.1, 0.15) is 0 Å². The number of rotatable bonds is 10. The number of unbranched alkanes of at least 4 members (excludes halogenated alkanes) is 3. The standard InChI is InChI=1S/C18H30N2O2/c1-15(2)10-6-3-4-9-13-19-18(22)20-14-17(21)16-11-7-5-8-12-16/h5,7-8,11-12,15,17,21H,3-4,6,9-10,13-14H2,1-2H3,(H2,19,20,22). The molecular weight excluding hydrogens is 276 g/mol. The molecule has 0 saturated heterocycles. The van der Waals surface area contributed by atoms with E-state index in [2.05, 4.69) is 24.5 Å². The lowest BCUT2D eigenvalue weighted by Crippen LogP contribution is -2.38. The summed E-state index contributed by atoms with van der Waals surface area (Å²) in [4.78, 5) is 11.6. The van der Waals surface area contributed by atoms with Crippen molar-refractivity contribution in [1.82, 2.24) is 10.6 Å². The molecule has 0 aromatic heterocycles. The first kappa shape index (κ1) is 18.5.